The Balaban J connectivity index is 0.000000193. The van der Waals surface area contributed by atoms with Crippen molar-refractivity contribution in [2.75, 3.05) is 119 Å². The summed E-state index contributed by atoms with van der Waals surface area (Å²) in [4.78, 5) is 46.3. The Kier molecular flexibility index (Phi) is 19.7. The van der Waals surface area contributed by atoms with Gasteiger partial charge < -0.3 is 44.7 Å². The van der Waals surface area contributed by atoms with Crippen LogP contribution in [-0.2, 0) is 22.4 Å². The highest BCUT2D eigenvalue weighted by molar-refractivity contribution is 6.66. The number of fused-ring (bicyclic) bond motifs is 6. The predicted molar refractivity (Wildman–Crippen MR) is 309 cm³/mol. The van der Waals surface area contributed by atoms with Crippen molar-refractivity contribution in [3.8, 4) is 45.3 Å². The van der Waals surface area contributed by atoms with Gasteiger partial charge in [-0.05, 0) is 73.9 Å². The van der Waals surface area contributed by atoms with Crippen LogP contribution in [0.25, 0.3) is 55.6 Å². The number of piperazine rings is 2. The number of hydrogen-bond acceptors (Lipinski definition) is 19. The molecule has 2 aliphatic rings. The highest BCUT2D eigenvalue weighted by Crippen LogP contribution is 2.43. The fourth-order valence-electron chi connectivity index (χ4n) is 9.40. The molecule has 0 atom stereocenters. The van der Waals surface area contributed by atoms with Gasteiger partial charge in [0, 0.05) is 137 Å². The second kappa shape index (κ2) is 26.9. The van der Waals surface area contributed by atoms with Gasteiger partial charge >= 0.3 is 0 Å². The minimum atomic E-state index is -0.509. The number of rotatable bonds is 18. The summed E-state index contributed by atoms with van der Waals surface area (Å²) < 4.78 is 26.0. The Bertz CT molecular complexity index is 3490. The first-order chi connectivity index (χ1) is 38.4. The SMILES string of the molecule is C=CC(=O)Cl.C=CC(=O)N1CCN(CCCc2nnc3c(-c4cc(OC)cc(OC)c4Cl)cc4cnc(NC)nc4n23)CC1.CNc1ncc2cc(-c3cc(OC)cc(OC)c3Cl)c3nnc(CCCN4CCNCC4)n3c2n1. The lowest BCUT2D eigenvalue weighted by Crippen LogP contribution is -2.48. The zero-order chi connectivity index (χ0) is 56.2. The van der Waals surface area contributed by atoms with E-state index in [0.717, 1.165) is 122 Å². The fraction of sp³-hybridized carbons (Fsp3) is 0.370. The number of benzene rings is 2. The van der Waals surface area contributed by atoms with E-state index in [9.17, 15) is 9.59 Å². The minimum Gasteiger partial charge on any atom is -0.497 e. The Labute approximate surface area is 472 Å². The highest BCUT2D eigenvalue weighted by atomic mass is 35.5. The molecule has 0 bridgehead atoms. The molecule has 10 rings (SSSR count). The number of methoxy groups -OCH3 is 4. The lowest BCUT2D eigenvalue weighted by Gasteiger charge is -2.34. The van der Waals surface area contributed by atoms with Gasteiger partial charge in [0.25, 0.3) is 0 Å². The first kappa shape index (κ1) is 57.7. The first-order valence-electron chi connectivity index (χ1n) is 25.5. The number of amides is 1. The molecule has 416 valence electrons. The molecule has 0 unspecified atom stereocenters. The molecule has 3 N–H and O–H groups in total. The van der Waals surface area contributed by atoms with Gasteiger partial charge in [-0.1, -0.05) is 36.4 Å². The number of carbonyl (C=O) groups excluding carboxylic acids is 2. The van der Waals surface area contributed by atoms with E-state index in [4.69, 9.17) is 63.7 Å². The molecular weight excluding hydrogens is 1080 g/mol. The van der Waals surface area contributed by atoms with Crippen molar-refractivity contribution in [3.63, 3.8) is 0 Å². The van der Waals surface area contributed by atoms with Crippen LogP contribution in [-0.4, -0.2) is 183 Å². The van der Waals surface area contributed by atoms with Gasteiger partial charge in [0.05, 0.1) is 38.5 Å². The smallest absolute Gasteiger partial charge is 0.246 e. The number of allylic oxidation sites excluding steroid dienone is 1. The molecule has 2 aromatic carbocycles. The molecule has 0 radical (unpaired) electrons. The number of ether oxygens (including phenoxy) is 4. The average Bonchev–Trinajstić information content (AvgIpc) is 4.37. The summed E-state index contributed by atoms with van der Waals surface area (Å²) >= 11 is 18.2. The normalized spacial score (nSPS) is 13.8. The number of halogens is 3. The minimum absolute atomic E-state index is 0.0102. The molecule has 2 aliphatic heterocycles. The summed E-state index contributed by atoms with van der Waals surface area (Å²) in [7, 11) is 9.95. The molecule has 0 aliphatic carbocycles. The van der Waals surface area contributed by atoms with Crippen molar-refractivity contribution in [2.45, 2.75) is 25.7 Å². The second-order valence-corrected chi connectivity index (χ2v) is 19.3. The van der Waals surface area contributed by atoms with Crippen LogP contribution in [0, 0.1) is 0 Å². The predicted octanol–water partition coefficient (Wildman–Crippen LogP) is 7.14. The number of anilines is 2. The molecule has 8 aromatic rings. The maximum atomic E-state index is 11.9. The van der Waals surface area contributed by atoms with Crippen molar-refractivity contribution in [1.82, 2.24) is 69.1 Å². The van der Waals surface area contributed by atoms with Gasteiger partial charge in [-0.15, -0.1) is 20.4 Å². The number of carbonyl (C=O) groups is 2. The maximum absolute atomic E-state index is 11.9. The molecule has 0 spiro atoms. The molecule has 25 heteroatoms. The summed E-state index contributed by atoms with van der Waals surface area (Å²) in [5, 5.41) is 29.8. The Morgan fingerprint density at radius 3 is 1.44 bits per heavy atom. The van der Waals surface area contributed by atoms with Crippen molar-refractivity contribution in [1.29, 1.82) is 0 Å². The first-order valence-corrected chi connectivity index (χ1v) is 26.7. The highest BCUT2D eigenvalue weighted by Gasteiger charge is 2.24. The van der Waals surface area contributed by atoms with Crippen LogP contribution < -0.4 is 34.9 Å². The summed E-state index contributed by atoms with van der Waals surface area (Å²) in [6.07, 6.45) is 9.31. The monoisotopic (exact) mass is 1140 g/mol. The van der Waals surface area contributed by atoms with Crippen LogP contribution in [0.15, 0.2) is 74.1 Å². The second-order valence-electron chi connectivity index (χ2n) is 18.2. The third-order valence-corrected chi connectivity index (χ3v) is 14.4. The number of hydrogen-bond donors (Lipinski definition) is 3. The molecule has 1 amide bonds. The number of aryl methyl sites for hydroxylation is 2. The van der Waals surface area contributed by atoms with Crippen molar-refractivity contribution >= 4 is 91.2 Å². The van der Waals surface area contributed by atoms with E-state index >= 15 is 0 Å². The number of pyridine rings is 2. The van der Waals surface area contributed by atoms with Crippen molar-refractivity contribution < 1.29 is 28.5 Å². The zero-order valence-corrected chi connectivity index (χ0v) is 47.3. The van der Waals surface area contributed by atoms with E-state index in [1.54, 1.807) is 67.1 Å². The molecule has 8 heterocycles. The number of nitrogens with one attached hydrogen (secondary N) is 3. The topological polar surface area (TPSA) is 229 Å². The molecule has 6 aromatic heterocycles. The van der Waals surface area contributed by atoms with E-state index in [0.29, 0.717) is 87.0 Å². The Morgan fingerprint density at radius 1 is 0.608 bits per heavy atom. The fourth-order valence-corrected chi connectivity index (χ4v) is 9.98. The average molecular weight is 1140 g/mol. The number of aromatic nitrogens is 10. The number of nitrogens with zero attached hydrogens (tertiary/aromatic N) is 13. The lowest BCUT2D eigenvalue weighted by molar-refractivity contribution is -0.127. The molecule has 2 saturated heterocycles. The van der Waals surface area contributed by atoms with Gasteiger partial charge in [-0.2, -0.15) is 9.97 Å². The quantitative estimate of drug-likeness (QED) is 0.0573. The Hall–Kier alpha value is -7.47. The van der Waals surface area contributed by atoms with Crippen LogP contribution in [0.2, 0.25) is 10.0 Å². The lowest BCUT2D eigenvalue weighted by atomic mass is 10.0. The molecule has 22 nitrogen and oxygen atoms in total. The van der Waals surface area contributed by atoms with Crippen LogP contribution >= 0.6 is 34.8 Å². The summed E-state index contributed by atoms with van der Waals surface area (Å²) in [6.45, 7) is 15.9. The summed E-state index contributed by atoms with van der Waals surface area (Å²) in [5.41, 5.74) is 5.79. The standard InChI is InChI=1S/C27H31ClN8O3.C24H29ClN8O2.C3H3ClO/c1-5-23(37)35-11-9-34(10-12-35)8-6-7-22-32-33-26-20(19-14-18(38-3)15-21(39-4)24(19)28)13-17-16-30-27(29-2)31-25(17)36(22)26;1-26-24-28-14-15-11-18(17-12-16(34-2)13-19(35-3)21(17)25)23-31-30-20(33(23)22(15)29-24)5-4-8-32-9-6-27-7-10-32;1-2-3(4)5/h5,13-16H,1,6-12H2,2-4H3,(H,29,30,31);11-14,27H,4-10H2,1-3H3,(H,26,28,29);2H,1H2. The van der Waals surface area contributed by atoms with E-state index in [1.807, 2.05) is 38.0 Å². The van der Waals surface area contributed by atoms with Gasteiger partial charge in [0.2, 0.25) is 23.0 Å². The van der Waals surface area contributed by atoms with Gasteiger partial charge in [-0.25, -0.2) is 9.97 Å². The van der Waals surface area contributed by atoms with Crippen molar-refractivity contribution in [2.24, 2.45) is 0 Å². The van der Waals surface area contributed by atoms with E-state index in [1.165, 1.54) is 6.08 Å². The van der Waals surface area contributed by atoms with Crippen molar-refractivity contribution in [3.05, 3.63) is 95.8 Å². The third kappa shape index (κ3) is 13.2. The molecule has 0 saturated carbocycles. The van der Waals surface area contributed by atoms with Gasteiger partial charge in [0.1, 0.15) is 34.6 Å². The van der Waals surface area contributed by atoms with E-state index < -0.39 is 5.24 Å². The van der Waals surface area contributed by atoms with Crippen LogP contribution in [0.1, 0.15) is 24.5 Å². The molecular formula is C54H63Cl3N16O6. The van der Waals surface area contributed by atoms with Crippen LogP contribution in [0.4, 0.5) is 11.9 Å². The van der Waals surface area contributed by atoms with E-state index in [2.05, 4.69) is 69.3 Å². The van der Waals surface area contributed by atoms with Gasteiger partial charge in [-0.3, -0.25) is 23.3 Å². The van der Waals surface area contributed by atoms with E-state index in [-0.39, 0.29) is 5.91 Å². The molecule has 2 fully saturated rings. The molecule has 79 heavy (non-hydrogen) atoms. The van der Waals surface area contributed by atoms with Gasteiger partial charge in [0.15, 0.2) is 22.6 Å². The van der Waals surface area contributed by atoms with Crippen LogP contribution in [0.3, 0.4) is 0 Å². The largest absolute Gasteiger partial charge is 0.497 e. The summed E-state index contributed by atoms with van der Waals surface area (Å²) in [5.74, 6) is 4.95. The maximum Gasteiger partial charge on any atom is 0.246 e. The third-order valence-electron chi connectivity index (χ3n) is 13.5. The zero-order valence-electron chi connectivity index (χ0n) is 45.0. The Morgan fingerprint density at radius 2 is 1.05 bits per heavy atom. The van der Waals surface area contributed by atoms with Crippen LogP contribution in [0.5, 0.6) is 23.0 Å². The summed E-state index contributed by atoms with van der Waals surface area (Å²) in [6, 6.07) is 11.2.